The maximum atomic E-state index is 2.50. The van der Waals surface area contributed by atoms with Crippen LogP contribution >= 0.6 is 22.7 Å². The smallest absolute Gasteiger partial charge is 0.0355 e. The highest BCUT2D eigenvalue weighted by Crippen LogP contribution is 2.52. The van der Waals surface area contributed by atoms with E-state index in [-0.39, 0.29) is 0 Å². The molecule has 0 spiro atoms. The largest absolute Gasteiger partial charge is 0.135 e. The van der Waals surface area contributed by atoms with Crippen molar-refractivity contribution in [1.82, 2.24) is 0 Å². The Morgan fingerprint density at radius 2 is 0.484 bits per heavy atom. The molecule has 0 bridgehead atoms. The maximum absolute atomic E-state index is 2.50. The Morgan fingerprint density at radius 3 is 0.935 bits per heavy atom. The highest BCUT2D eigenvalue weighted by Gasteiger charge is 2.25. The molecule has 0 amide bonds. The van der Waals surface area contributed by atoms with Gasteiger partial charge in [-0.05, 0) is 160 Å². The molecular weight excluding hydrogens is 785 g/mol. The van der Waals surface area contributed by atoms with Crippen molar-refractivity contribution in [2.45, 2.75) is 0 Å². The first-order valence-corrected chi connectivity index (χ1v) is 22.9. The van der Waals surface area contributed by atoms with Gasteiger partial charge in [-0.2, -0.15) is 0 Å². The van der Waals surface area contributed by atoms with Crippen LogP contribution in [0.5, 0.6) is 0 Å². The van der Waals surface area contributed by atoms with Crippen molar-refractivity contribution in [3.8, 4) is 66.8 Å². The van der Waals surface area contributed by atoms with Gasteiger partial charge in [0.2, 0.25) is 0 Å². The molecule has 0 unspecified atom stereocenters. The van der Waals surface area contributed by atoms with E-state index in [1.165, 1.54) is 139 Å². The van der Waals surface area contributed by atoms with E-state index in [0.717, 1.165) is 0 Å². The highest BCUT2D eigenvalue weighted by atomic mass is 32.1. The summed E-state index contributed by atoms with van der Waals surface area (Å²) >= 11 is 3.75. The predicted molar refractivity (Wildman–Crippen MR) is 271 cm³/mol. The molecule has 1 aliphatic carbocycles. The van der Waals surface area contributed by atoms with Crippen LogP contribution in [0.2, 0.25) is 0 Å². The molecule has 0 N–H and O–H groups in total. The number of fused-ring (bicyclic) bond motifs is 20. The summed E-state index contributed by atoms with van der Waals surface area (Å²) < 4.78 is 5.31. The topological polar surface area (TPSA) is 0 Å². The van der Waals surface area contributed by atoms with Crippen LogP contribution in [0.4, 0.5) is 0 Å². The molecule has 2 heterocycles. The summed E-state index contributed by atoms with van der Waals surface area (Å²) in [5.74, 6) is 0. The van der Waals surface area contributed by atoms with Gasteiger partial charge in [-0.3, -0.25) is 0 Å². The van der Waals surface area contributed by atoms with Gasteiger partial charge in [0.05, 0.1) is 0 Å². The molecule has 13 aromatic rings. The van der Waals surface area contributed by atoms with Gasteiger partial charge in [-0.1, -0.05) is 146 Å². The maximum Gasteiger partial charge on any atom is 0.0355 e. The van der Waals surface area contributed by atoms with Crippen molar-refractivity contribution in [3.63, 3.8) is 0 Å². The normalized spacial score (nSPS) is 12.2. The molecule has 0 saturated heterocycles. The minimum absolute atomic E-state index is 1.22. The molecule has 14 rings (SSSR count). The zero-order valence-electron chi connectivity index (χ0n) is 33.4. The minimum Gasteiger partial charge on any atom is -0.135 e. The molecule has 0 fully saturated rings. The molecule has 1 aliphatic rings. The Kier molecular flexibility index (Phi) is 7.24. The summed E-state index contributed by atoms with van der Waals surface area (Å²) in [6, 6.07) is 78.0. The van der Waals surface area contributed by atoms with Gasteiger partial charge in [-0.15, -0.1) is 22.7 Å². The first-order chi connectivity index (χ1) is 30.7. The van der Waals surface area contributed by atoms with Crippen LogP contribution in [0.15, 0.2) is 206 Å². The van der Waals surface area contributed by atoms with Crippen LogP contribution in [-0.4, -0.2) is 0 Å². The van der Waals surface area contributed by atoms with Crippen LogP contribution in [0.25, 0.3) is 139 Å². The lowest BCUT2D eigenvalue weighted by Gasteiger charge is -2.25. The molecule has 0 radical (unpaired) electrons. The van der Waals surface area contributed by atoms with Gasteiger partial charge in [0.15, 0.2) is 0 Å². The van der Waals surface area contributed by atoms with Crippen LogP contribution in [0, 0.1) is 0 Å². The standard InChI is InChI=1S/C60H34S2/c1-3-13-41-39(11-1)40-12-2-4-14-42(40)52-34-54-46-26-22-36(38-24-28-60-56(32-38)48-18-8-10-20-58(48)62-60)30-50(46)45-25-21-35(29-49(45)43-15-5-6-16-44(43)53(54)33-51(41)52)37-23-27-59-55(31-37)47-17-7-9-19-57(47)61-59/h1-34H. The van der Waals surface area contributed by atoms with Crippen LogP contribution in [0.3, 0.4) is 0 Å². The average molecular weight is 819 g/mol. The molecule has 286 valence electrons. The summed E-state index contributed by atoms with van der Waals surface area (Å²) in [4.78, 5) is 0. The van der Waals surface area contributed by atoms with E-state index in [9.17, 15) is 0 Å². The van der Waals surface area contributed by atoms with Crippen molar-refractivity contribution < 1.29 is 0 Å². The summed E-state index contributed by atoms with van der Waals surface area (Å²) in [6.07, 6.45) is 0. The Morgan fingerprint density at radius 1 is 0.177 bits per heavy atom. The Balaban J connectivity index is 1.07. The van der Waals surface area contributed by atoms with Gasteiger partial charge in [0.1, 0.15) is 0 Å². The van der Waals surface area contributed by atoms with Gasteiger partial charge < -0.3 is 0 Å². The molecule has 11 aromatic carbocycles. The second kappa shape index (κ2) is 13.1. The quantitative estimate of drug-likeness (QED) is 0.152. The molecule has 0 atom stereocenters. The second-order valence-corrected chi connectivity index (χ2v) is 18.9. The van der Waals surface area contributed by atoms with E-state index in [0.29, 0.717) is 0 Å². The zero-order chi connectivity index (χ0) is 40.5. The lowest BCUT2D eigenvalue weighted by atomic mass is 9.78. The lowest BCUT2D eigenvalue weighted by molar-refractivity contribution is 1.53. The van der Waals surface area contributed by atoms with E-state index >= 15 is 0 Å². The van der Waals surface area contributed by atoms with Crippen molar-refractivity contribution in [1.29, 1.82) is 0 Å². The van der Waals surface area contributed by atoms with E-state index < -0.39 is 0 Å². The van der Waals surface area contributed by atoms with Crippen LogP contribution in [0.1, 0.15) is 0 Å². The van der Waals surface area contributed by atoms with Gasteiger partial charge >= 0.3 is 0 Å². The van der Waals surface area contributed by atoms with Crippen molar-refractivity contribution >= 4 is 95.3 Å². The number of rotatable bonds is 2. The van der Waals surface area contributed by atoms with Crippen molar-refractivity contribution in [2.75, 3.05) is 0 Å². The number of hydrogen-bond donors (Lipinski definition) is 0. The van der Waals surface area contributed by atoms with E-state index in [1.54, 1.807) is 0 Å². The second-order valence-electron chi connectivity index (χ2n) is 16.7. The Hall–Kier alpha value is -7.36. The first-order valence-electron chi connectivity index (χ1n) is 21.3. The van der Waals surface area contributed by atoms with E-state index in [1.807, 2.05) is 22.7 Å². The average Bonchev–Trinajstić information content (AvgIpc) is 3.91. The monoisotopic (exact) mass is 818 g/mol. The van der Waals surface area contributed by atoms with Crippen LogP contribution < -0.4 is 0 Å². The van der Waals surface area contributed by atoms with E-state index in [2.05, 4.69) is 206 Å². The third-order valence-corrected chi connectivity index (χ3v) is 15.7. The molecule has 62 heavy (non-hydrogen) atoms. The predicted octanol–water partition coefficient (Wildman–Crippen LogP) is 18.2. The third-order valence-electron chi connectivity index (χ3n) is 13.4. The molecule has 0 aliphatic heterocycles. The SMILES string of the molecule is c1ccc2c(c1)-c1cc(-c3ccc4sc5ccccc5c4c3)ccc1-c1cc(-c3ccc4sc5ccccc5c4c3)ccc1-c1cc3c4ccccc4c4ccccc4c3cc1-2. The molecule has 0 saturated carbocycles. The van der Waals surface area contributed by atoms with Crippen molar-refractivity contribution in [3.05, 3.63) is 206 Å². The fourth-order valence-corrected chi connectivity index (χ4v) is 12.7. The summed E-state index contributed by atoms with van der Waals surface area (Å²) in [6.45, 7) is 0. The molecular formula is C60H34S2. The minimum atomic E-state index is 1.22. The van der Waals surface area contributed by atoms with Crippen molar-refractivity contribution in [2.24, 2.45) is 0 Å². The number of hydrogen-bond acceptors (Lipinski definition) is 2. The van der Waals surface area contributed by atoms with Gasteiger partial charge in [0, 0.05) is 40.3 Å². The Labute approximate surface area is 366 Å². The number of benzene rings is 11. The first kappa shape index (κ1) is 34.4. The third kappa shape index (κ3) is 4.99. The number of thiophene rings is 2. The summed E-state index contributed by atoms with van der Waals surface area (Å²) in [5.41, 5.74) is 14.9. The summed E-state index contributed by atoms with van der Waals surface area (Å²) in [7, 11) is 0. The fourth-order valence-electron chi connectivity index (χ4n) is 10.5. The van der Waals surface area contributed by atoms with E-state index in [4.69, 9.17) is 0 Å². The molecule has 0 nitrogen and oxygen atoms in total. The molecule has 2 heteroatoms. The lowest BCUT2D eigenvalue weighted by Crippen LogP contribution is -1.99. The fraction of sp³-hybridized carbons (Fsp3) is 0. The van der Waals surface area contributed by atoms with Crippen LogP contribution in [-0.2, 0) is 0 Å². The summed E-state index contributed by atoms with van der Waals surface area (Å²) in [5, 5.41) is 13.0. The van der Waals surface area contributed by atoms with Gasteiger partial charge in [-0.25, -0.2) is 0 Å². The highest BCUT2D eigenvalue weighted by molar-refractivity contribution is 7.26. The molecule has 2 aromatic heterocycles. The van der Waals surface area contributed by atoms with Gasteiger partial charge in [0.25, 0.3) is 0 Å². The zero-order valence-corrected chi connectivity index (χ0v) is 35.1. The Bertz CT molecular complexity index is 4050.